The van der Waals surface area contributed by atoms with E-state index >= 15 is 0 Å². The van der Waals surface area contributed by atoms with Gasteiger partial charge in [-0.15, -0.1) is 10.1 Å². The van der Waals surface area contributed by atoms with Crippen molar-refractivity contribution in [2.45, 2.75) is 25.4 Å². The fourth-order valence-electron chi connectivity index (χ4n) is 1.34. The van der Waals surface area contributed by atoms with Crippen molar-refractivity contribution in [3.8, 4) is 6.07 Å². The second-order valence-corrected chi connectivity index (χ2v) is 3.11. The second kappa shape index (κ2) is 5.97. The predicted octanol–water partition coefficient (Wildman–Crippen LogP) is -0.609. The van der Waals surface area contributed by atoms with Gasteiger partial charge in [0.2, 0.25) is 6.29 Å². The summed E-state index contributed by atoms with van der Waals surface area (Å²) in [6.45, 7) is 0.685. The van der Waals surface area contributed by atoms with Gasteiger partial charge in [0.1, 0.15) is 12.7 Å². The van der Waals surface area contributed by atoms with Gasteiger partial charge in [-0.3, -0.25) is 4.79 Å². The van der Waals surface area contributed by atoms with E-state index < -0.39 is 29.6 Å². The van der Waals surface area contributed by atoms with Crippen LogP contribution in [0, 0.1) is 21.4 Å². The molecule has 1 aliphatic heterocycles. The number of ether oxygens (including phenoxy) is 3. The van der Waals surface area contributed by atoms with E-state index in [1.807, 2.05) is 0 Å². The Bertz CT molecular complexity index is 315. The summed E-state index contributed by atoms with van der Waals surface area (Å²) in [6, 6.07) is 1.70. The summed E-state index contributed by atoms with van der Waals surface area (Å²) in [6.07, 6.45) is -3.13. The second-order valence-electron chi connectivity index (χ2n) is 3.11. The molecule has 0 saturated carbocycles. The van der Waals surface area contributed by atoms with Crippen LogP contribution in [-0.2, 0) is 23.8 Å². The number of hydrogen-bond donors (Lipinski definition) is 0. The van der Waals surface area contributed by atoms with Gasteiger partial charge >= 0.3 is 5.97 Å². The van der Waals surface area contributed by atoms with Crippen molar-refractivity contribution in [2.24, 2.45) is 0 Å². The molecule has 1 saturated heterocycles. The molecule has 0 N–H and O–H groups in total. The topological polar surface area (TPSA) is 121 Å². The highest BCUT2D eigenvalue weighted by Crippen LogP contribution is 2.21. The lowest BCUT2D eigenvalue weighted by atomic mass is 10.2. The third kappa shape index (κ3) is 3.86. The van der Waals surface area contributed by atoms with E-state index in [-0.39, 0.29) is 13.2 Å². The van der Waals surface area contributed by atoms with Crippen LogP contribution in [-0.4, -0.2) is 42.8 Å². The molecule has 3 atom stereocenters. The molecule has 0 radical (unpaired) electrons. The Morgan fingerprint density at radius 3 is 2.94 bits per heavy atom. The fraction of sp³-hybridized carbons (Fsp3) is 0.750. The van der Waals surface area contributed by atoms with Crippen molar-refractivity contribution >= 4 is 5.97 Å². The van der Waals surface area contributed by atoms with E-state index in [0.717, 1.165) is 6.92 Å². The smallest absolute Gasteiger partial charge is 0.305 e. The minimum atomic E-state index is -1.11. The summed E-state index contributed by atoms with van der Waals surface area (Å²) < 4.78 is 14.7. The van der Waals surface area contributed by atoms with Gasteiger partial charge in [0.15, 0.2) is 6.10 Å². The first-order valence-corrected chi connectivity index (χ1v) is 4.63. The van der Waals surface area contributed by atoms with Crippen LogP contribution in [0.3, 0.4) is 0 Å². The van der Waals surface area contributed by atoms with Crippen molar-refractivity contribution in [1.82, 2.24) is 0 Å². The number of hydrogen-bond acceptors (Lipinski definition) is 8. The Balaban J connectivity index is 2.63. The summed E-state index contributed by atoms with van der Waals surface area (Å²) in [7, 11) is 0. The van der Waals surface area contributed by atoms with Crippen molar-refractivity contribution in [1.29, 1.82) is 5.26 Å². The van der Waals surface area contributed by atoms with Crippen LogP contribution in [0.4, 0.5) is 0 Å². The zero-order valence-corrected chi connectivity index (χ0v) is 8.90. The average molecular weight is 246 g/mol. The molecular weight excluding hydrogens is 236 g/mol. The van der Waals surface area contributed by atoms with E-state index in [4.69, 9.17) is 19.5 Å². The standard InChI is InChI=1S/C8H10N2O7/c1-5(11)16-8-7(14-3-2-9)6(4-15-8)17-10(12)13/h6-8H,3-4H2,1H3/t6-,7-,8?/m1/s1. The minimum Gasteiger partial charge on any atom is -0.433 e. The summed E-state index contributed by atoms with van der Waals surface area (Å²) in [5.41, 5.74) is 0. The Hall–Kier alpha value is -1.92. The van der Waals surface area contributed by atoms with Crippen LogP contribution in [0.2, 0.25) is 0 Å². The molecule has 0 bridgehead atoms. The lowest BCUT2D eigenvalue weighted by Crippen LogP contribution is -2.38. The van der Waals surface area contributed by atoms with Crippen LogP contribution < -0.4 is 0 Å². The molecule has 9 heteroatoms. The normalized spacial score (nSPS) is 27.2. The van der Waals surface area contributed by atoms with Gasteiger partial charge in [-0.25, -0.2) is 0 Å². The summed E-state index contributed by atoms with van der Waals surface area (Å²) >= 11 is 0. The molecule has 1 aliphatic rings. The maximum Gasteiger partial charge on any atom is 0.305 e. The number of carbonyl (C=O) groups excluding carboxylic acids is 1. The minimum absolute atomic E-state index is 0.158. The van der Waals surface area contributed by atoms with E-state index in [1.165, 1.54) is 0 Å². The lowest BCUT2D eigenvalue weighted by molar-refractivity contribution is -0.769. The number of nitrogens with zero attached hydrogens (tertiary/aromatic N) is 2. The Labute approximate surface area is 95.9 Å². The first-order valence-electron chi connectivity index (χ1n) is 4.63. The van der Waals surface area contributed by atoms with Gasteiger partial charge in [-0.2, -0.15) is 5.26 Å². The fourth-order valence-corrected chi connectivity index (χ4v) is 1.34. The predicted molar refractivity (Wildman–Crippen MR) is 48.7 cm³/mol. The third-order valence-corrected chi connectivity index (χ3v) is 1.90. The molecule has 1 unspecified atom stereocenters. The van der Waals surface area contributed by atoms with Crippen molar-refractivity contribution in [2.75, 3.05) is 13.2 Å². The molecule has 0 spiro atoms. The van der Waals surface area contributed by atoms with Crippen LogP contribution in [0.1, 0.15) is 6.92 Å². The van der Waals surface area contributed by atoms with Crippen LogP contribution in [0.5, 0.6) is 0 Å². The van der Waals surface area contributed by atoms with Gasteiger partial charge in [0.05, 0.1) is 12.7 Å². The zero-order chi connectivity index (χ0) is 12.8. The van der Waals surface area contributed by atoms with Crippen molar-refractivity contribution in [3.05, 3.63) is 10.1 Å². The monoisotopic (exact) mass is 246 g/mol. The zero-order valence-electron chi connectivity index (χ0n) is 8.90. The molecule has 0 aromatic heterocycles. The van der Waals surface area contributed by atoms with E-state index in [9.17, 15) is 14.9 Å². The van der Waals surface area contributed by atoms with Gasteiger partial charge in [-0.05, 0) is 0 Å². The Morgan fingerprint density at radius 2 is 2.41 bits per heavy atom. The molecule has 94 valence electrons. The third-order valence-electron chi connectivity index (χ3n) is 1.90. The summed E-state index contributed by atoms with van der Waals surface area (Å²) in [4.78, 5) is 25.3. The van der Waals surface area contributed by atoms with Gasteiger partial charge in [0.25, 0.3) is 5.09 Å². The Morgan fingerprint density at radius 1 is 1.71 bits per heavy atom. The van der Waals surface area contributed by atoms with Gasteiger partial charge in [0, 0.05) is 6.92 Å². The van der Waals surface area contributed by atoms with Crippen LogP contribution >= 0.6 is 0 Å². The van der Waals surface area contributed by atoms with E-state index in [1.54, 1.807) is 6.07 Å². The molecule has 0 aromatic rings. The molecule has 0 amide bonds. The molecule has 0 aromatic carbocycles. The largest absolute Gasteiger partial charge is 0.433 e. The van der Waals surface area contributed by atoms with Crippen LogP contribution in [0.25, 0.3) is 0 Å². The highest BCUT2D eigenvalue weighted by atomic mass is 17.0. The molecule has 17 heavy (non-hydrogen) atoms. The van der Waals surface area contributed by atoms with E-state index in [2.05, 4.69) is 4.84 Å². The highest BCUT2D eigenvalue weighted by Gasteiger charge is 2.43. The molecule has 1 heterocycles. The SMILES string of the molecule is CC(=O)OC1OC[C@@H](O[N+](=O)[O-])[C@H]1OCC#N. The molecular formula is C8H10N2O7. The number of rotatable bonds is 5. The van der Waals surface area contributed by atoms with Crippen molar-refractivity contribution < 1.29 is 28.9 Å². The average Bonchev–Trinajstić information content (AvgIpc) is 2.56. The van der Waals surface area contributed by atoms with Crippen LogP contribution in [0.15, 0.2) is 0 Å². The Kier molecular flexibility index (Phi) is 4.62. The molecule has 9 nitrogen and oxygen atoms in total. The maximum absolute atomic E-state index is 10.8. The highest BCUT2D eigenvalue weighted by molar-refractivity contribution is 5.66. The van der Waals surface area contributed by atoms with E-state index in [0.29, 0.717) is 0 Å². The lowest BCUT2D eigenvalue weighted by Gasteiger charge is -2.20. The van der Waals surface area contributed by atoms with Gasteiger partial charge in [-0.1, -0.05) is 0 Å². The molecule has 1 fully saturated rings. The van der Waals surface area contributed by atoms with Gasteiger partial charge < -0.3 is 19.0 Å². The quantitative estimate of drug-likeness (QED) is 0.358. The number of esters is 1. The molecule has 0 aliphatic carbocycles. The number of nitriles is 1. The molecule has 1 rings (SSSR count). The summed E-state index contributed by atoms with van der Waals surface area (Å²) in [5, 5.41) is 17.6. The number of carbonyl (C=O) groups is 1. The van der Waals surface area contributed by atoms with Crippen molar-refractivity contribution in [3.63, 3.8) is 0 Å². The first-order chi connectivity index (χ1) is 8.04. The maximum atomic E-state index is 10.8. The summed E-state index contributed by atoms with van der Waals surface area (Å²) in [5.74, 6) is -0.623. The first kappa shape index (κ1) is 13.1.